The van der Waals surface area contributed by atoms with E-state index in [4.69, 9.17) is 4.74 Å². The Bertz CT molecular complexity index is 761. The molecule has 6 heteroatoms. The van der Waals surface area contributed by atoms with Crippen LogP contribution in [0.25, 0.3) is 0 Å². The topological polar surface area (TPSA) is 44.8 Å². The number of thioether (sulfide) groups is 1. The van der Waals surface area contributed by atoms with Crippen molar-refractivity contribution in [1.29, 1.82) is 0 Å². The highest BCUT2D eigenvalue weighted by Gasteiger charge is 2.19. The Balaban J connectivity index is 1.45. The minimum absolute atomic E-state index is 0.00704. The zero-order valence-electron chi connectivity index (χ0n) is 16.0. The molecule has 0 saturated carbocycles. The molecule has 3 rings (SSSR count). The van der Waals surface area contributed by atoms with Crippen LogP contribution in [0.2, 0.25) is 0 Å². The van der Waals surface area contributed by atoms with Crippen molar-refractivity contribution >= 4 is 23.4 Å². The van der Waals surface area contributed by atoms with Gasteiger partial charge in [-0.05, 0) is 30.5 Å². The van der Waals surface area contributed by atoms with Gasteiger partial charge in [-0.1, -0.05) is 24.3 Å². The van der Waals surface area contributed by atoms with E-state index < -0.39 is 0 Å². The number of anilines is 1. The number of carbonyl (C=O) groups excluding carboxylic acids is 1. The van der Waals surface area contributed by atoms with Crippen LogP contribution in [0.3, 0.4) is 0 Å². The Morgan fingerprint density at radius 1 is 1.07 bits per heavy atom. The van der Waals surface area contributed by atoms with Crippen LogP contribution >= 0.6 is 11.8 Å². The van der Waals surface area contributed by atoms with Crippen LogP contribution in [0.5, 0.6) is 5.75 Å². The van der Waals surface area contributed by atoms with Crippen LogP contribution in [0.1, 0.15) is 10.4 Å². The molecule has 1 heterocycles. The Kier molecular flexibility index (Phi) is 7.01. The van der Waals surface area contributed by atoms with E-state index in [0.717, 1.165) is 54.6 Å². The normalized spacial score (nSPS) is 14.8. The number of carbonyl (C=O) groups is 1. The van der Waals surface area contributed by atoms with Crippen molar-refractivity contribution in [1.82, 2.24) is 10.2 Å². The lowest BCUT2D eigenvalue weighted by Gasteiger charge is -2.36. The Morgan fingerprint density at radius 2 is 1.78 bits per heavy atom. The van der Waals surface area contributed by atoms with E-state index in [1.165, 1.54) is 0 Å². The first-order valence-electron chi connectivity index (χ1n) is 9.24. The quantitative estimate of drug-likeness (QED) is 0.743. The van der Waals surface area contributed by atoms with Gasteiger partial charge >= 0.3 is 0 Å². The second kappa shape index (κ2) is 9.67. The van der Waals surface area contributed by atoms with E-state index in [2.05, 4.69) is 21.2 Å². The fourth-order valence-corrected chi connectivity index (χ4v) is 3.95. The number of benzene rings is 2. The molecule has 0 atom stereocenters. The molecular weight excluding hydrogens is 358 g/mol. The summed E-state index contributed by atoms with van der Waals surface area (Å²) >= 11 is 1.60. The number of para-hydroxylation sites is 2. The Morgan fingerprint density at radius 3 is 2.52 bits per heavy atom. The number of nitrogens with one attached hydrogen (secondary N) is 1. The number of hydrogen-bond donors (Lipinski definition) is 1. The number of nitrogens with zero attached hydrogens (tertiary/aromatic N) is 2. The molecule has 0 aliphatic carbocycles. The van der Waals surface area contributed by atoms with Crippen molar-refractivity contribution < 1.29 is 9.53 Å². The maximum absolute atomic E-state index is 12.4. The van der Waals surface area contributed by atoms with Gasteiger partial charge in [0, 0.05) is 44.2 Å². The minimum atomic E-state index is 0.00704. The molecule has 2 aromatic rings. The lowest BCUT2D eigenvalue weighted by Crippen LogP contribution is -2.48. The van der Waals surface area contributed by atoms with Gasteiger partial charge in [-0.15, -0.1) is 11.8 Å². The maximum atomic E-state index is 12.4. The SMILES string of the molecule is COc1ccccc1N1CCN(CCNC(=O)c2ccccc2SC)CC1. The third-order valence-corrected chi connectivity index (χ3v) is 5.66. The summed E-state index contributed by atoms with van der Waals surface area (Å²) in [5.41, 5.74) is 1.91. The highest BCUT2D eigenvalue weighted by Crippen LogP contribution is 2.28. The molecule has 1 fully saturated rings. The van der Waals surface area contributed by atoms with E-state index in [-0.39, 0.29) is 5.91 Å². The lowest BCUT2D eigenvalue weighted by molar-refractivity contribution is 0.0945. The molecular formula is C21H27N3O2S. The molecule has 0 spiro atoms. The van der Waals surface area contributed by atoms with Crippen LogP contribution in [0.15, 0.2) is 53.4 Å². The third kappa shape index (κ3) is 4.96. The van der Waals surface area contributed by atoms with Crippen molar-refractivity contribution in [2.24, 2.45) is 0 Å². The van der Waals surface area contributed by atoms with E-state index in [9.17, 15) is 4.79 Å². The summed E-state index contributed by atoms with van der Waals surface area (Å²) in [7, 11) is 1.72. The lowest BCUT2D eigenvalue weighted by atomic mass is 10.2. The number of rotatable bonds is 7. The van der Waals surface area contributed by atoms with E-state index in [1.54, 1.807) is 18.9 Å². The summed E-state index contributed by atoms with van der Waals surface area (Å²) in [6.45, 7) is 5.42. The Hall–Kier alpha value is -2.18. The molecule has 144 valence electrons. The van der Waals surface area contributed by atoms with Gasteiger partial charge in [0.1, 0.15) is 5.75 Å². The van der Waals surface area contributed by atoms with Gasteiger partial charge in [-0.2, -0.15) is 0 Å². The van der Waals surface area contributed by atoms with E-state index in [0.29, 0.717) is 6.54 Å². The molecule has 27 heavy (non-hydrogen) atoms. The molecule has 1 aliphatic heterocycles. The number of methoxy groups -OCH3 is 1. The standard InChI is InChI=1S/C21H27N3O2S/c1-26-19-9-5-4-8-18(19)24-15-13-23(14-16-24)12-11-22-21(25)17-7-3-6-10-20(17)27-2/h3-10H,11-16H2,1-2H3,(H,22,25). The molecule has 1 aliphatic rings. The van der Waals surface area contributed by atoms with Crippen molar-refractivity contribution in [3.05, 3.63) is 54.1 Å². The predicted octanol–water partition coefficient (Wildman–Crippen LogP) is 2.97. The van der Waals surface area contributed by atoms with Crippen LogP contribution in [-0.2, 0) is 0 Å². The van der Waals surface area contributed by atoms with E-state index in [1.807, 2.05) is 48.7 Å². The van der Waals surface area contributed by atoms with Crippen LogP contribution in [-0.4, -0.2) is 63.4 Å². The average molecular weight is 386 g/mol. The molecule has 2 aromatic carbocycles. The minimum Gasteiger partial charge on any atom is -0.495 e. The van der Waals surface area contributed by atoms with Crippen molar-refractivity contribution in [2.45, 2.75) is 4.90 Å². The zero-order chi connectivity index (χ0) is 19.1. The smallest absolute Gasteiger partial charge is 0.252 e. The monoisotopic (exact) mass is 385 g/mol. The number of amides is 1. The first-order chi connectivity index (χ1) is 13.2. The van der Waals surface area contributed by atoms with Crippen molar-refractivity contribution in [2.75, 3.05) is 57.5 Å². The highest BCUT2D eigenvalue weighted by atomic mass is 32.2. The average Bonchev–Trinajstić information content (AvgIpc) is 2.74. The van der Waals surface area contributed by atoms with Gasteiger partial charge in [-0.3, -0.25) is 9.69 Å². The van der Waals surface area contributed by atoms with Crippen molar-refractivity contribution in [3.63, 3.8) is 0 Å². The molecule has 0 bridgehead atoms. The molecule has 0 aromatic heterocycles. The number of hydrogen-bond acceptors (Lipinski definition) is 5. The predicted molar refractivity (Wildman–Crippen MR) is 112 cm³/mol. The largest absolute Gasteiger partial charge is 0.495 e. The summed E-state index contributed by atoms with van der Waals surface area (Å²) in [4.78, 5) is 18.2. The van der Waals surface area contributed by atoms with Gasteiger partial charge < -0.3 is 15.0 Å². The summed E-state index contributed by atoms with van der Waals surface area (Å²) in [6, 6.07) is 15.9. The van der Waals surface area contributed by atoms with Crippen LogP contribution < -0.4 is 15.0 Å². The van der Waals surface area contributed by atoms with E-state index >= 15 is 0 Å². The highest BCUT2D eigenvalue weighted by molar-refractivity contribution is 7.98. The third-order valence-electron chi connectivity index (χ3n) is 4.86. The molecule has 5 nitrogen and oxygen atoms in total. The molecule has 1 N–H and O–H groups in total. The molecule has 0 unspecified atom stereocenters. The van der Waals surface area contributed by atoms with Gasteiger partial charge in [0.05, 0.1) is 18.4 Å². The van der Waals surface area contributed by atoms with Crippen molar-refractivity contribution in [3.8, 4) is 5.75 Å². The molecule has 0 radical (unpaired) electrons. The van der Waals surface area contributed by atoms with Gasteiger partial charge in [0.25, 0.3) is 5.91 Å². The van der Waals surface area contributed by atoms with Crippen LogP contribution in [0.4, 0.5) is 5.69 Å². The van der Waals surface area contributed by atoms with Gasteiger partial charge in [0.2, 0.25) is 0 Å². The first kappa shape index (κ1) is 19.6. The number of ether oxygens (including phenoxy) is 1. The van der Waals surface area contributed by atoms with Gasteiger partial charge in [-0.25, -0.2) is 0 Å². The second-order valence-electron chi connectivity index (χ2n) is 6.46. The maximum Gasteiger partial charge on any atom is 0.252 e. The fourth-order valence-electron chi connectivity index (χ4n) is 3.36. The molecule has 1 saturated heterocycles. The number of piperazine rings is 1. The first-order valence-corrected chi connectivity index (χ1v) is 10.5. The zero-order valence-corrected chi connectivity index (χ0v) is 16.8. The van der Waals surface area contributed by atoms with Gasteiger partial charge in [0.15, 0.2) is 0 Å². The summed E-state index contributed by atoms with van der Waals surface area (Å²) < 4.78 is 5.47. The second-order valence-corrected chi connectivity index (χ2v) is 7.30. The fraction of sp³-hybridized carbons (Fsp3) is 0.381. The molecule has 1 amide bonds. The summed E-state index contributed by atoms with van der Waals surface area (Å²) in [5.74, 6) is 0.929. The summed E-state index contributed by atoms with van der Waals surface area (Å²) in [6.07, 6.45) is 1.99. The summed E-state index contributed by atoms with van der Waals surface area (Å²) in [5, 5.41) is 3.05. The Labute approximate surface area is 165 Å². The van der Waals surface area contributed by atoms with Crippen LogP contribution in [0, 0.1) is 0 Å².